The van der Waals surface area contributed by atoms with Crippen LogP contribution in [0.4, 0.5) is 0 Å². The van der Waals surface area contributed by atoms with Crippen LogP contribution in [-0.2, 0) is 33.3 Å². The van der Waals surface area contributed by atoms with Gasteiger partial charge in [-0.2, -0.15) is 0 Å². The first-order chi connectivity index (χ1) is 9.82. The summed E-state index contributed by atoms with van der Waals surface area (Å²) < 4.78 is 20.7. The van der Waals surface area contributed by atoms with Crippen molar-refractivity contribution in [3.63, 3.8) is 0 Å². The second-order valence-electron chi connectivity index (χ2n) is 6.43. The highest BCUT2D eigenvalue weighted by molar-refractivity contribution is 5.87. The van der Waals surface area contributed by atoms with E-state index in [2.05, 4.69) is 0 Å². The zero-order valence-corrected chi connectivity index (χ0v) is 13.5. The van der Waals surface area contributed by atoms with Gasteiger partial charge in [-0.15, -0.1) is 0 Å². The minimum absolute atomic E-state index is 0.768. The van der Waals surface area contributed by atoms with E-state index in [1.807, 2.05) is 0 Å². The molecule has 0 aromatic rings. The van der Waals surface area contributed by atoms with E-state index in [0.29, 0.717) is 0 Å². The lowest BCUT2D eigenvalue weighted by molar-refractivity contribution is -0.180. The number of aliphatic carboxylic acids is 1. The van der Waals surface area contributed by atoms with E-state index in [0.717, 1.165) is 0 Å². The Morgan fingerprint density at radius 2 is 1.55 bits per heavy atom. The predicted molar refractivity (Wildman–Crippen MR) is 72.9 cm³/mol. The second-order valence-corrected chi connectivity index (χ2v) is 6.43. The van der Waals surface area contributed by atoms with Crippen molar-refractivity contribution in [3.05, 3.63) is 0 Å². The van der Waals surface area contributed by atoms with E-state index in [-0.39, 0.29) is 0 Å². The van der Waals surface area contributed by atoms with Gasteiger partial charge in [0.1, 0.15) is 5.60 Å². The van der Waals surface area contributed by atoms with Crippen LogP contribution < -0.4 is 0 Å². The number of carbonyl (C=O) groups is 3. The minimum atomic E-state index is -1.38. The number of carboxylic acids is 1. The van der Waals surface area contributed by atoms with Gasteiger partial charge in [0.05, 0.1) is 0 Å². The summed E-state index contributed by atoms with van der Waals surface area (Å²) in [6.07, 6.45) is -4.06. The van der Waals surface area contributed by atoms with Crippen LogP contribution in [0.2, 0.25) is 0 Å². The van der Waals surface area contributed by atoms with E-state index < -0.39 is 47.6 Å². The Kier molecular flexibility index (Phi) is 5.19. The number of carbonyl (C=O) groups excluding carboxylic acids is 2. The van der Waals surface area contributed by atoms with Crippen molar-refractivity contribution < 1.29 is 38.4 Å². The fourth-order valence-electron chi connectivity index (χ4n) is 1.76. The van der Waals surface area contributed by atoms with Gasteiger partial charge >= 0.3 is 17.9 Å². The Balaban J connectivity index is 2.87. The molecule has 22 heavy (non-hydrogen) atoms. The third-order valence-corrected chi connectivity index (χ3v) is 2.61. The smallest absolute Gasteiger partial charge is 0.344 e. The van der Waals surface area contributed by atoms with Gasteiger partial charge in [-0.05, 0) is 41.5 Å². The molecule has 0 saturated carbocycles. The zero-order valence-electron chi connectivity index (χ0n) is 13.5. The summed E-state index contributed by atoms with van der Waals surface area (Å²) >= 11 is 0. The molecule has 1 unspecified atom stereocenters. The van der Waals surface area contributed by atoms with E-state index in [4.69, 9.17) is 24.1 Å². The van der Waals surface area contributed by atoms with Crippen molar-refractivity contribution in [2.45, 2.75) is 71.2 Å². The van der Waals surface area contributed by atoms with Gasteiger partial charge in [0.25, 0.3) is 0 Å². The molecule has 126 valence electrons. The molecule has 0 radical (unpaired) electrons. The number of carboxylic acid groups (broad SMARTS) is 1. The maximum atomic E-state index is 12.1. The third-order valence-electron chi connectivity index (χ3n) is 2.61. The average molecular weight is 318 g/mol. The average Bonchev–Trinajstić information content (AvgIpc) is 2.63. The largest absolute Gasteiger partial charge is 0.479 e. The van der Waals surface area contributed by atoms with Crippen LogP contribution in [-0.4, -0.2) is 52.7 Å². The summed E-state index contributed by atoms with van der Waals surface area (Å²) in [5.41, 5.74) is -0.768. The monoisotopic (exact) mass is 318 g/mol. The molecule has 0 amide bonds. The molecule has 0 aromatic carbocycles. The number of hydrogen-bond acceptors (Lipinski definition) is 7. The van der Waals surface area contributed by atoms with Crippen molar-refractivity contribution in [2.24, 2.45) is 0 Å². The summed E-state index contributed by atoms with van der Waals surface area (Å²) in [5.74, 6) is -4.27. The highest BCUT2D eigenvalue weighted by Gasteiger charge is 2.51. The van der Waals surface area contributed by atoms with Gasteiger partial charge in [0.2, 0.25) is 0 Å². The topological polar surface area (TPSA) is 108 Å². The standard InChI is InChI=1S/C14H22O8/c1-7(10(15)16)19-11(17)8-9(21-14(5,6)20-8)12(18)22-13(2,3)4/h7-9H,1-6H3,(H,15,16)/t7?,8-,9-/m0/s1. The molecule has 1 fully saturated rings. The minimum Gasteiger partial charge on any atom is -0.479 e. The fourth-order valence-corrected chi connectivity index (χ4v) is 1.76. The number of hydrogen-bond donors (Lipinski definition) is 1. The molecule has 8 nitrogen and oxygen atoms in total. The summed E-state index contributed by atoms with van der Waals surface area (Å²) in [6, 6.07) is 0. The maximum absolute atomic E-state index is 12.1. The van der Waals surface area contributed by atoms with Crippen LogP contribution >= 0.6 is 0 Å². The molecule has 0 bridgehead atoms. The van der Waals surface area contributed by atoms with Crippen molar-refractivity contribution >= 4 is 17.9 Å². The molecule has 1 saturated heterocycles. The van der Waals surface area contributed by atoms with Gasteiger partial charge < -0.3 is 24.1 Å². The van der Waals surface area contributed by atoms with E-state index >= 15 is 0 Å². The Hall–Kier alpha value is -1.67. The molecule has 1 heterocycles. The van der Waals surface area contributed by atoms with Crippen LogP contribution in [0.1, 0.15) is 41.5 Å². The number of esters is 2. The number of ether oxygens (including phenoxy) is 4. The molecule has 1 N–H and O–H groups in total. The van der Waals surface area contributed by atoms with Gasteiger partial charge in [-0.3, -0.25) is 0 Å². The molecule has 1 aliphatic rings. The van der Waals surface area contributed by atoms with Crippen LogP contribution in [0.3, 0.4) is 0 Å². The lowest BCUT2D eigenvalue weighted by atomic mass is 10.1. The van der Waals surface area contributed by atoms with Crippen LogP contribution in [0, 0.1) is 0 Å². The van der Waals surface area contributed by atoms with Gasteiger partial charge in [0, 0.05) is 0 Å². The van der Waals surface area contributed by atoms with Crippen molar-refractivity contribution in [3.8, 4) is 0 Å². The predicted octanol–water partition coefficient (Wildman–Crippen LogP) is 0.864. The first kappa shape index (κ1) is 18.4. The highest BCUT2D eigenvalue weighted by atomic mass is 16.8. The molecular formula is C14H22O8. The summed E-state index contributed by atoms with van der Waals surface area (Å²) in [5, 5.41) is 8.76. The Morgan fingerprint density at radius 1 is 1.09 bits per heavy atom. The van der Waals surface area contributed by atoms with Crippen LogP contribution in [0.25, 0.3) is 0 Å². The molecule has 0 aliphatic carbocycles. The fraction of sp³-hybridized carbons (Fsp3) is 0.786. The van der Waals surface area contributed by atoms with Crippen molar-refractivity contribution in [2.75, 3.05) is 0 Å². The lowest BCUT2D eigenvalue weighted by Gasteiger charge is -2.23. The van der Waals surface area contributed by atoms with E-state index in [1.54, 1.807) is 20.8 Å². The van der Waals surface area contributed by atoms with E-state index in [9.17, 15) is 14.4 Å². The summed E-state index contributed by atoms with van der Waals surface area (Å²) in [7, 11) is 0. The lowest BCUT2D eigenvalue weighted by Crippen LogP contribution is -2.43. The van der Waals surface area contributed by atoms with Crippen molar-refractivity contribution in [1.82, 2.24) is 0 Å². The normalized spacial score (nSPS) is 25.4. The molecule has 0 spiro atoms. The van der Waals surface area contributed by atoms with Gasteiger partial charge in [-0.1, -0.05) is 0 Å². The van der Waals surface area contributed by atoms with E-state index in [1.165, 1.54) is 20.8 Å². The second kappa shape index (κ2) is 6.21. The Bertz CT molecular complexity index is 462. The Morgan fingerprint density at radius 3 is 1.95 bits per heavy atom. The molecule has 0 aromatic heterocycles. The maximum Gasteiger partial charge on any atom is 0.344 e. The zero-order chi connectivity index (χ0) is 17.3. The molecule has 1 aliphatic heterocycles. The quantitative estimate of drug-likeness (QED) is 0.760. The Labute approximate surface area is 128 Å². The first-order valence-corrected chi connectivity index (χ1v) is 6.84. The summed E-state index contributed by atoms with van der Waals surface area (Å²) in [6.45, 7) is 9.27. The van der Waals surface area contributed by atoms with Crippen LogP contribution in [0.5, 0.6) is 0 Å². The first-order valence-electron chi connectivity index (χ1n) is 6.84. The van der Waals surface area contributed by atoms with Crippen molar-refractivity contribution in [1.29, 1.82) is 0 Å². The molecule has 1 rings (SSSR count). The SMILES string of the molecule is CC(OC(=O)[C@H]1OC(C)(C)O[C@@H]1C(=O)OC(C)(C)C)C(=O)O. The summed E-state index contributed by atoms with van der Waals surface area (Å²) in [4.78, 5) is 34.9. The molecular weight excluding hydrogens is 296 g/mol. The van der Waals surface area contributed by atoms with Gasteiger partial charge in [-0.25, -0.2) is 14.4 Å². The van der Waals surface area contributed by atoms with Gasteiger partial charge in [0.15, 0.2) is 24.1 Å². The third kappa shape index (κ3) is 4.96. The van der Waals surface area contributed by atoms with Crippen LogP contribution in [0.15, 0.2) is 0 Å². The number of rotatable bonds is 4. The molecule has 8 heteroatoms. The highest BCUT2D eigenvalue weighted by Crippen LogP contribution is 2.30. The molecule has 3 atom stereocenters.